The molecule has 6 rings (SSSR count). The summed E-state index contributed by atoms with van der Waals surface area (Å²) in [5.74, 6) is 1.55. The van der Waals surface area contributed by atoms with Gasteiger partial charge in [0.1, 0.15) is 0 Å². The van der Waals surface area contributed by atoms with Crippen LogP contribution in [0.4, 0.5) is 0 Å². The maximum atomic E-state index is 12.1. The number of aromatic carboxylic acids is 2. The number of thioether (sulfide) groups is 1. The Hall–Kier alpha value is -7.17. The number of halogens is 4. The molecular formula is C62H78BBr4O26S. The lowest BCUT2D eigenvalue weighted by Crippen LogP contribution is -2.10. The maximum absolute atomic E-state index is 12.1. The van der Waals surface area contributed by atoms with Gasteiger partial charge in [0.2, 0.25) is 34.5 Å². The fourth-order valence-electron chi connectivity index (χ4n) is 9.71. The topological polar surface area (TPSA) is 322 Å². The Morgan fingerprint density at radius 3 is 0.702 bits per heavy atom. The van der Waals surface area contributed by atoms with Crippen molar-refractivity contribution in [2.45, 2.75) is 26.4 Å². The number of carboxylic acids is 2. The summed E-state index contributed by atoms with van der Waals surface area (Å²) in [6.45, 7) is -1.36. The molecule has 0 unspecified atom stereocenters. The first-order valence-corrected chi connectivity index (χ1v) is 33.4. The van der Waals surface area contributed by atoms with Crippen LogP contribution in [-0.2, 0) is 26.4 Å². The zero-order valence-corrected chi connectivity index (χ0v) is 62.6. The van der Waals surface area contributed by atoms with E-state index < -0.39 is 11.9 Å². The van der Waals surface area contributed by atoms with Crippen LogP contribution in [0.3, 0.4) is 0 Å². The summed E-state index contributed by atoms with van der Waals surface area (Å²) in [5.41, 5.74) is 2.97. The molecule has 0 fully saturated rings. The largest absolute Gasteiger partial charge is 0.493 e. The molecule has 0 atom stereocenters. The monoisotopic (exact) mass is 1600 g/mol. The molecule has 0 aliphatic rings. The first kappa shape index (κ1) is 84.8. The Balaban J connectivity index is 0.000000677. The van der Waals surface area contributed by atoms with Crippen molar-refractivity contribution in [3.05, 3.63) is 66.6 Å². The van der Waals surface area contributed by atoms with E-state index in [4.69, 9.17) is 85.3 Å². The molecule has 26 nitrogen and oxygen atoms in total. The Kier molecular flexibility index (Phi) is 37.6. The van der Waals surface area contributed by atoms with E-state index in [9.17, 15) is 40.2 Å². The zero-order valence-electron chi connectivity index (χ0n) is 55.5. The number of hydrogen-bond acceptors (Lipinski definition) is 25. The summed E-state index contributed by atoms with van der Waals surface area (Å²) < 4.78 is 99.2. The molecule has 0 saturated heterocycles. The normalized spacial score (nSPS) is 10.0. The second kappa shape index (κ2) is 41.6. The van der Waals surface area contributed by atoms with Crippen LogP contribution in [0.25, 0.3) is 33.4 Å². The van der Waals surface area contributed by atoms with Crippen molar-refractivity contribution in [2.24, 2.45) is 0 Å². The van der Waals surface area contributed by atoms with Crippen LogP contribution < -0.4 is 85.3 Å². The van der Waals surface area contributed by atoms with E-state index in [1.54, 1.807) is 23.9 Å². The standard InChI is InChI=1S/C20H24Br2O8.C20H22O10.C20H26O8.C2H6S.B.Br2/c1-25-15-11(9(7-23)13(21)17(27-3)19(15)29-5)12-10(8-24)14(22)18(28-4)20(30-6)16(12)26-2;1-25-11-7-9(19(21)22)13(17(29-5)15(11)27-3)14-10(20(23)24)8-12(26-2)16(28-4)18(14)30-6;1-23-13-7-11(9-21)15(19(27-5)17(13)25-3)16-12(10-22)8-14(24-2)18(26-4)20(16)28-6;1-3-2;;1-2/h23-24H,7-8H2,1-6H3;7-8H,1-6H3,(H,21,22)(H,23,24);7-8,21-22H,9-10H2,1-6H3;1-2H3;;. The second-order valence-corrected chi connectivity index (χ2v) is 20.1. The van der Waals surface area contributed by atoms with E-state index >= 15 is 0 Å². The summed E-state index contributed by atoms with van der Waals surface area (Å²) in [7, 11) is 25.7. The van der Waals surface area contributed by atoms with Gasteiger partial charge in [-0.05, 0) is 79.8 Å². The molecule has 32 heteroatoms. The average Bonchev–Trinajstić information content (AvgIpc) is 0.753. The lowest BCUT2D eigenvalue weighted by molar-refractivity contribution is 0.0683. The number of carbonyl (C=O) groups is 2. The summed E-state index contributed by atoms with van der Waals surface area (Å²) >= 11 is 14.2. The molecule has 0 aliphatic carbocycles. The van der Waals surface area contributed by atoms with E-state index in [1.807, 2.05) is 12.5 Å². The third kappa shape index (κ3) is 17.5. The minimum atomic E-state index is -1.35. The molecule has 0 spiro atoms. The van der Waals surface area contributed by atoms with Crippen molar-refractivity contribution in [3.8, 4) is 137 Å². The SMILES string of the molecule is BrBr.COc1c(Br)c(CO)c(-c2c(CO)c(Br)c(OC)c(OC)c2OC)c(OC)c1OC.COc1cc(C(=O)O)c(-c2c(C(=O)O)cc(OC)c(OC)c2OC)c(OC)c1OC.COc1cc(CO)c(-c2c(CO)cc(OC)c(OC)c2OC)c(OC)c1OC.CSC.[B]. The van der Waals surface area contributed by atoms with E-state index in [0.29, 0.717) is 111 Å². The highest BCUT2D eigenvalue weighted by atomic mass is 80.9. The lowest BCUT2D eigenvalue weighted by atomic mass is 9.91. The Morgan fingerprint density at radius 1 is 0.319 bits per heavy atom. The third-order valence-electron chi connectivity index (χ3n) is 13.4. The van der Waals surface area contributed by atoms with Gasteiger partial charge >= 0.3 is 11.9 Å². The summed E-state index contributed by atoms with van der Waals surface area (Å²) in [6.07, 6.45) is 4.08. The predicted molar refractivity (Wildman–Crippen MR) is 370 cm³/mol. The highest BCUT2D eigenvalue weighted by molar-refractivity contribution is 9.93. The molecule has 0 saturated carbocycles. The number of ether oxygens (including phenoxy) is 18. The Morgan fingerprint density at radius 2 is 0.521 bits per heavy atom. The van der Waals surface area contributed by atoms with Crippen molar-refractivity contribution in [1.29, 1.82) is 0 Å². The van der Waals surface area contributed by atoms with Crippen LogP contribution in [0.1, 0.15) is 43.0 Å². The highest BCUT2D eigenvalue weighted by Crippen LogP contribution is 2.60. The summed E-state index contributed by atoms with van der Waals surface area (Å²) in [5, 5.41) is 60.2. The number of benzene rings is 6. The quantitative estimate of drug-likeness (QED) is 0.0261. The molecule has 0 heterocycles. The molecule has 519 valence electrons. The Bertz CT molecular complexity index is 3280. The van der Waals surface area contributed by atoms with Gasteiger partial charge in [0.15, 0.2) is 69.0 Å². The number of methoxy groups -OCH3 is 18. The first-order chi connectivity index (χ1) is 44.7. The van der Waals surface area contributed by atoms with Gasteiger partial charge in [-0.15, -0.1) is 0 Å². The van der Waals surface area contributed by atoms with E-state index in [2.05, 4.69) is 60.1 Å². The van der Waals surface area contributed by atoms with Gasteiger partial charge in [0.25, 0.3) is 0 Å². The number of hydrogen-bond donors (Lipinski definition) is 6. The van der Waals surface area contributed by atoms with Gasteiger partial charge in [-0.3, -0.25) is 0 Å². The fraction of sp³-hybridized carbons (Fsp3) is 0.387. The van der Waals surface area contributed by atoms with Crippen molar-refractivity contribution in [1.82, 2.24) is 0 Å². The minimum Gasteiger partial charge on any atom is -0.493 e. The number of aliphatic hydroxyl groups excluding tert-OH is 4. The molecule has 0 aliphatic heterocycles. The molecule has 6 aromatic rings. The smallest absolute Gasteiger partial charge is 0.336 e. The number of carboxylic acid groups (broad SMARTS) is 2. The molecule has 3 radical (unpaired) electrons. The molecule has 6 N–H and O–H groups in total. The zero-order chi connectivity index (χ0) is 70.7. The molecule has 0 amide bonds. The maximum Gasteiger partial charge on any atom is 0.336 e. The summed E-state index contributed by atoms with van der Waals surface area (Å²) in [4.78, 5) is 24.2. The average molecular weight is 1600 g/mol. The van der Waals surface area contributed by atoms with E-state index in [-0.39, 0.29) is 103 Å². The molecule has 0 aromatic heterocycles. The number of aliphatic hydroxyl groups is 4. The number of rotatable bonds is 27. The van der Waals surface area contributed by atoms with Crippen LogP contribution in [0.15, 0.2) is 33.2 Å². The molecule has 94 heavy (non-hydrogen) atoms. The van der Waals surface area contributed by atoms with Crippen molar-refractivity contribution < 1.29 is 125 Å². The van der Waals surface area contributed by atoms with Crippen molar-refractivity contribution in [3.63, 3.8) is 0 Å². The Labute approximate surface area is 584 Å². The lowest BCUT2D eigenvalue weighted by Gasteiger charge is -2.26. The molecular weight excluding hydrogens is 1520 g/mol. The van der Waals surface area contributed by atoms with Gasteiger partial charge in [-0.25, -0.2) is 9.59 Å². The summed E-state index contributed by atoms with van der Waals surface area (Å²) in [6, 6.07) is 5.71. The second-order valence-electron chi connectivity index (χ2n) is 17.7. The predicted octanol–water partition coefficient (Wildman–Crippen LogP) is 11.4. The third-order valence-corrected chi connectivity index (χ3v) is 15.1. The molecule has 6 aromatic carbocycles. The van der Waals surface area contributed by atoms with Gasteiger partial charge < -0.3 is 116 Å². The highest BCUT2D eigenvalue weighted by Gasteiger charge is 2.36. The van der Waals surface area contributed by atoms with Crippen molar-refractivity contribution in [2.75, 3.05) is 140 Å². The van der Waals surface area contributed by atoms with Crippen LogP contribution in [-0.4, -0.2) is 191 Å². The van der Waals surface area contributed by atoms with Crippen LogP contribution in [0, 0.1) is 0 Å². The fourth-order valence-corrected chi connectivity index (χ4v) is 11.0. The van der Waals surface area contributed by atoms with Gasteiger partial charge in [0, 0.05) is 81.2 Å². The first-order valence-electron chi connectivity index (χ1n) is 26.5. The van der Waals surface area contributed by atoms with Gasteiger partial charge in [0.05, 0.1) is 174 Å². The van der Waals surface area contributed by atoms with Crippen LogP contribution in [0.2, 0.25) is 0 Å². The van der Waals surface area contributed by atoms with Gasteiger partial charge in [-0.2, -0.15) is 11.8 Å². The minimum absolute atomic E-state index is 0. The van der Waals surface area contributed by atoms with Gasteiger partial charge in [-0.1, -0.05) is 0 Å². The van der Waals surface area contributed by atoms with Crippen LogP contribution in [0.5, 0.6) is 103 Å². The van der Waals surface area contributed by atoms with Crippen LogP contribution >= 0.6 is 71.9 Å². The molecule has 0 bridgehead atoms. The van der Waals surface area contributed by atoms with E-state index in [0.717, 1.165) is 0 Å². The van der Waals surface area contributed by atoms with E-state index in [1.165, 1.54) is 140 Å². The van der Waals surface area contributed by atoms with Crippen molar-refractivity contribution >= 4 is 92.2 Å².